The summed E-state index contributed by atoms with van der Waals surface area (Å²) in [5.41, 5.74) is 3.02. The van der Waals surface area contributed by atoms with E-state index in [4.69, 9.17) is 16.3 Å². The van der Waals surface area contributed by atoms with Crippen molar-refractivity contribution in [3.8, 4) is 16.9 Å². The number of nitrogens with zero attached hydrogens (tertiary/aromatic N) is 2. The Morgan fingerprint density at radius 1 is 1.19 bits per heavy atom. The molecule has 36 heavy (non-hydrogen) atoms. The molecule has 0 spiro atoms. The summed E-state index contributed by atoms with van der Waals surface area (Å²) in [5, 5.41) is 12.3. The molecule has 0 saturated carbocycles. The van der Waals surface area contributed by atoms with Gasteiger partial charge in [0.05, 0.1) is 35.1 Å². The summed E-state index contributed by atoms with van der Waals surface area (Å²) in [6.45, 7) is 4.77. The number of hydrogen-bond donors (Lipinski definition) is 2. The molecule has 1 aliphatic heterocycles. The summed E-state index contributed by atoms with van der Waals surface area (Å²) in [6.07, 6.45) is 1.52. The number of pyridine rings is 2. The van der Waals surface area contributed by atoms with E-state index in [0.717, 1.165) is 16.5 Å². The van der Waals surface area contributed by atoms with E-state index in [-0.39, 0.29) is 28.8 Å². The minimum atomic E-state index is -1.15. The number of H-pyrrole nitrogens is 1. The van der Waals surface area contributed by atoms with Gasteiger partial charge < -0.3 is 19.4 Å². The van der Waals surface area contributed by atoms with Gasteiger partial charge >= 0.3 is 5.97 Å². The fraction of sp³-hybridized carbons (Fsp3) is 0.179. The number of para-hydroxylation sites is 1. The minimum Gasteiger partial charge on any atom is -0.492 e. The van der Waals surface area contributed by atoms with Crippen LogP contribution in [0.4, 0.5) is 0 Å². The first kappa shape index (κ1) is 22.4. The summed E-state index contributed by atoms with van der Waals surface area (Å²) in [4.78, 5) is 32.9. The molecule has 0 amide bonds. The van der Waals surface area contributed by atoms with Crippen LogP contribution in [0.3, 0.4) is 0 Å². The lowest BCUT2D eigenvalue weighted by Gasteiger charge is -2.15. The van der Waals surface area contributed by atoms with E-state index >= 15 is 0 Å². The van der Waals surface area contributed by atoms with E-state index in [1.54, 1.807) is 16.7 Å². The molecule has 0 bridgehead atoms. The maximum atomic E-state index is 12.9. The second kappa shape index (κ2) is 7.96. The number of halogens is 1. The van der Waals surface area contributed by atoms with Gasteiger partial charge in [0.15, 0.2) is 0 Å². The number of aromatic nitrogens is 3. The molecule has 0 aliphatic carbocycles. The van der Waals surface area contributed by atoms with Crippen LogP contribution in [0.15, 0.2) is 65.6 Å². The van der Waals surface area contributed by atoms with Gasteiger partial charge in [0, 0.05) is 33.7 Å². The topological polar surface area (TPSA) is 97.2 Å². The monoisotopic (exact) mass is 499 g/mol. The fourth-order valence-electron chi connectivity index (χ4n) is 5.11. The third-order valence-corrected chi connectivity index (χ3v) is 7.19. The SMILES string of the molecule is CC1(C)COc2c1ccc1c2c(-c2ccc[nH]c2=O)c(C(=O)O)n1Cc1cc2ccccc2nc1Cl. The number of ether oxygens (including phenoxy) is 1. The average Bonchev–Trinajstić information content (AvgIpc) is 3.34. The van der Waals surface area contributed by atoms with Gasteiger partial charge in [-0.25, -0.2) is 9.78 Å². The van der Waals surface area contributed by atoms with Gasteiger partial charge in [-0.1, -0.05) is 49.7 Å². The quantitative estimate of drug-likeness (QED) is 0.313. The molecule has 1 aliphatic rings. The molecular weight excluding hydrogens is 478 g/mol. The van der Waals surface area contributed by atoms with Crippen molar-refractivity contribution in [2.45, 2.75) is 25.8 Å². The molecule has 5 aromatic rings. The van der Waals surface area contributed by atoms with Crippen molar-refractivity contribution >= 4 is 39.4 Å². The lowest BCUT2D eigenvalue weighted by atomic mass is 9.86. The Kier molecular flexibility index (Phi) is 4.95. The van der Waals surface area contributed by atoms with Gasteiger partial charge in [0.25, 0.3) is 5.56 Å². The molecule has 0 radical (unpaired) electrons. The molecule has 0 atom stereocenters. The van der Waals surface area contributed by atoms with Crippen molar-refractivity contribution in [3.63, 3.8) is 0 Å². The van der Waals surface area contributed by atoms with E-state index in [1.165, 1.54) is 6.20 Å². The third kappa shape index (κ3) is 3.31. The largest absolute Gasteiger partial charge is 0.492 e. The van der Waals surface area contributed by atoms with Gasteiger partial charge in [-0.15, -0.1) is 0 Å². The van der Waals surface area contributed by atoms with Crippen molar-refractivity contribution in [2.24, 2.45) is 0 Å². The normalized spacial score (nSPS) is 14.2. The highest BCUT2D eigenvalue weighted by atomic mass is 35.5. The number of carboxylic acid groups (broad SMARTS) is 1. The Labute approximate surface area is 210 Å². The lowest BCUT2D eigenvalue weighted by Crippen LogP contribution is -2.18. The lowest BCUT2D eigenvalue weighted by molar-refractivity contribution is 0.0687. The maximum absolute atomic E-state index is 12.9. The van der Waals surface area contributed by atoms with Crippen molar-refractivity contribution in [3.05, 3.63) is 93.1 Å². The maximum Gasteiger partial charge on any atom is 0.353 e. The molecule has 4 heterocycles. The molecule has 2 aromatic carbocycles. The van der Waals surface area contributed by atoms with Crippen LogP contribution in [-0.4, -0.2) is 32.2 Å². The Balaban J connectivity index is 1.70. The summed E-state index contributed by atoms with van der Waals surface area (Å²) < 4.78 is 7.84. The predicted octanol–water partition coefficient (Wildman–Crippen LogP) is 5.61. The van der Waals surface area contributed by atoms with E-state index in [0.29, 0.717) is 39.5 Å². The molecule has 8 heteroatoms. The van der Waals surface area contributed by atoms with Gasteiger partial charge in [0.1, 0.15) is 16.6 Å². The zero-order valence-corrected chi connectivity index (χ0v) is 20.4. The predicted molar refractivity (Wildman–Crippen MR) is 139 cm³/mol. The molecule has 3 aromatic heterocycles. The summed E-state index contributed by atoms with van der Waals surface area (Å²) in [6, 6.07) is 16.7. The zero-order valence-electron chi connectivity index (χ0n) is 19.6. The first-order valence-electron chi connectivity index (χ1n) is 11.5. The summed E-state index contributed by atoms with van der Waals surface area (Å²) in [7, 11) is 0. The Morgan fingerprint density at radius 3 is 2.78 bits per heavy atom. The number of rotatable bonds is 4. The second-order valence-electron chi connectivity index (χ2n) is 9.67. The number of carboxylic acids is 1. The third-order valence-electron chi connectivity index (χ3n) is 6.86. The number of fused-ring (bicyclic) bond motifs is 4. The fourth-order valence-corrected chi connectivity index (χ4v) is 5.32. The van der Waals surface area contributed by atoms with Crippen molar-refractivity contribution < 1.29 is 14.6 Å². The van der Waals surface area contributed by atoms with Crippen molar-refractivity contribution in [1.82, 2.24) is 14.5 Å². The van der Waals surface area contributed by atoms with Crippen LogP contribution in [0.5, 0.6) is 5.75 Å². The molecule has 0 unspecified atom stereocenters. The highest BCUT2D eigenvalue weighted by Crippen LogP contribution is 2.48. The summed E-state index contributed by atoms with van der Waals surface area (Å²) >= 11 is 6.56. The van der Waals surface area contributed by atoms with Crippen LogP contribution < -0.4 is 10.3 Å². The molecule has 0 fully saturated rings. The standard InChI is InChI=1S/C28H22ClN3O4/c1-28(2)14-36-24-18(28)9-10-20-22(24)21(17-7-5-11-30-26(17)33)23(27(34)35)32(20)13-16-12-15-6-3-4-8-19(15)31-25(16)29/h3-12H,13-14H2,1-2H3,(H,30,33)(H,34,35). The number of hydrogen-bond acceptors (Lipinski definition) is 4. The van der Waals surface area contributed by atoms with E-state index in [1.807, 2.05) is 42.5 Å². The van der Waals surface area contributed by atoms with E-state index in [2.05, 4.69) is 23.8 Å². The van der Waals surface area contributed by atoms with Gasteiger partial charge in [-0.3, -0.25) is 4.79 Å². The van der Waals surface area contributed by atoms with Crippen LogP contribution in [0.25, 0.3) is 32.9 Å². The number of aromatic carboxylic acids is 1. The minimum absolute atomic E-state index is 0.00682. The highest BCUT2D eigenvalue weighted by molar-refractivity contribution is 6.30. The van der Waals surface area contributed by atoms with Crippen LogP contribution in [0.2, 0.25) is 5.15 Å². The first-order valence-corrected chi connectivity index (χ1v) is 11.9. The van der Waals surface area contributed by atoms with Crippen LogP contribution >= 0.6 is 11.6 Å². The molecule has 180 valence electrons. The first-order chi connectivity index (χ1) is 17.3. The van der Waals surface area contributed by atoms with Gasteiger partial charge in [0.2, 0.25) is 0 Å². The smallest absolute Gasteiger partial charge is 0.353 e. The Hall–Kier alpha value is -4.10. The summed E-state index contributed by atoms with van der Waals surface area (Å²) in [5.74, 6) is -0.542. The molecule has 0 saturated heterocycles. The molecule has 6 rings (SSSR count). The van der Waals surface area contributed by atoms with Gasteiger partial charge in [-0.2, -0.15) is 0 Å². The van der Waals surface area contributed by atoms with Crippen LogP contribution in [0, 0.1) is 0 Å². The number of nitrogens with one attached hydrogen (secondary N) is 1. The van der Waals surface area contributed by atoms with E-state index in [9.17, 15) is 14.7 Å². The average molecular weight is 500 g/mol. The molecular formula is C28H22ClN3O4. The zero-order chi connectivity index (χ0) is 25.2. The second-order valence-corrected chi connectivity index (χ2v) is 10.0. The van der Waals surface area contributed by atoms with Crippen LogP contribution in [0.1, 0.15) is 35.5 Å². The highest BCUT2D eigenvalue weighted by Gasteiger charge is 2.37. The number of carbonyl (C=O) groups is 1. The molecule has 2 N–H and O–H groups in total. The molecule has 7 nitrogen and oxygen atoms in total. The van der Waals surface area contributed by atoms with Crippen LogP contribution in [-0.2, 0) is 12.0 Å². The van der Waals surface area contributed by atoms with E-state index < -0.39 is 5.97 Å². The van der Waals surface area contributed by atoms with Crippen molar-refractivity contribution in [1.29, 1.82) is 0 Å². The Morgan fingerprint density at radius 2 is 2.00 bits per heavy atom. The number of benzene rings is 2. The number of aromatic amines is 1. The Bertz CT molecular complexity index is 1770. The van der Waals surface area contributed by atoms with Gasteiger partial charge in [-0.05, 0) is 30.3 Å². The van der Waals surface area contributed by atoms with Crippen molar-refractivity contribution in [2.75, 3.05) is 6.61 Å².